The van der Waals surface area contributed by atoms with Gasteiger partial charge in [0.25, 0.3) is 5.69 Å². The van der Waals surface area contributed by atoms with E-state index < -0.39 is 4.92 Å². The van der Waals surface area contributed by atoms with E-state index in [9.17, 15) is 14.9 Å². The topological polar surface area (TPSA) is 72.7 Å². The Labute approximate surface area is 123 Å². The summed E-state index contributed by atoms with van der Waals surface area (Å²) < 4.78 is 5.12. The minimum atomic E-state index is -0.416. The van der Waals surface area contributed by atoms with Crippen LogP contribution in [0.25, 0.3) is 0 Å². The number of carbonyl (C=O) groups is 1. The molecule has 1 aromatic carbocycles. The van der Waals surface area contributed by atoms with Crippen molar-refractivity contribution in [3.05, 3.63) is 33.9 Å². The molecule has 0 N–H and O–H groups in total. The highest BCUT2D eigenvalue weighted by atomic mass is 16.6. The van der Waals surface area contributed by atoms with Crippen molar-refractivity contribution in [1.82, 2.24) is 4.90 Å². The van der Waals surface area contributed by atoms with Gasteiger partial charge in [-0.05, 0) is 18.1 Å². The molecule has 6 heteroatoms. The third-order valence-electron chi connectivity index (χ3n) is 3.90. The molecule has 114 valence electrons. The van der Waals surface area contributed by atoms with Gasteiger partial charge in [-0.25, -0.2) is 0 Å². The number of ether oxygens (including phenoxy) is 1. The zero-order valence-corrected chi connectivity index (χ0v) is 12.4. The Morgan fingerprint density at radius 1 is 1.43 bits per heavy atom. The maximum atomic E-state index is 11.7. The molecule has 0 bridgehead atoms. The number of benzene rings is 1. The van der Waals surface area contributed by atoms with Crippen LogP contribution in [0.4, 0.5) is 5.69 Å². The number of hydrogen-bond donors (Lipinski definition) is 0. The first kappa shape index (κ1) is 15.4. The normalized spacial score (nSPS) is 19.5. The Kier molecular flexibility index (Phi) is 4.90. The molecule has 1 aliphatic heterocycles. The van der Waals surface area contributed by atoms with Crippen LogP contribution < -0.4 is 4.74 Å². The van der Waals surface area contributed by atoms with Crippen LogP contribution in [-0.4, -0.2) is 35.8 Å². The molecule has 1 atom stereocenters. The molecule has 1 aromatic rings. The number of methoxy groups -OCH3 is 1. The Bertz CT molecular complexity index is 544. The van der Waals surface area contributed by atoms with Crippen molar-refractivity contribution in [2.45, 2.75) is 26.3 Å². The number of hydrogen-bond acceptors (Lipinski definition) is 5. The van der Waals surface area contributed by atoms with Crippen molar-refractivity contribution < 1.29 is 14.5 Å². The Morgan fingerprint density at radius 2 is 2.19 bits per heavy atom. The number of likely N-dealkylation sites (tertiary alicyclic amines) is 1. The van der Waals surface area contributed by atoms with Gasteiger partial charge >= 0.3 is 0 Å². The highest BCUT2D eigenvalue weighted by Crippen LogP contribution is 2.25. The molecular weight excluding hydrogens is 272 g/mol. The van der Waals surface area contributed by atoms with Crippen molar-refractivity contribution in [1.29, 1.82) is 0 Å². The summed E-state index contributed by atoms with van der Waals surface area (Å²) in [4.78, 5) is 24.4. The number of ketones is 1. The van der Waals surface area contributed by atoms with E-state index in [2.05, 4.69) is 4.90 Å². The lowest BCUT2D eigenvalue weighted by atomic mass is 9.94. The summed E-state index contributed by atoms with van der Waals surface area (Å²) in [5.41, 5.74) is 0.870. The number of nitrogens with zero attached hydrogens (tertiary/aromatic N) is 2. The van der Waals surface area contributed by atoms with Crippen LogP contribution in [0.15, 0.2) is 18.2 Å². The summed E-state index contributed by atoms with van der Waals surface area (Å²) in [6.07, 6.45) is 1.40. The van der Waals surface area contributed by atoms with E-state index in [1.54, 1.807) is 6.07 Å². The summed E-state index contributed by atoms with van der Waals surface area (Å²) in [5.74, 6) is 0.893. The van der Waals surface area contributed by atoms with Crippen LogP contribution in [0.5, 0.6) is 5.75 Å². The molecule has 1 unspecified atom stereocenters. The average Bonchev–Trinajstić information content (AvgIpc) is 2.48. The minimum Gasteiger partial charge on any atom is -0.496 e. The fourth-order valence-corrected chi connectivity index (χ4v) is 2.69. The first-order valence-electron chi connectivity index (χ1n) is 7.11. The molecule has 0 spiro atoms. The molecule has 0 amide bonds. The molecule has 0 aliphatic carbocycles. The molecule has 1 fully saturated rings. The van der Waals surface area contributed by atoms with Crippen LogP contribution in [0.1, 0.15) is 25.3 Å². The second-order valence-electron chi connectivity index (χ2n) is 5.35. The standard InChI is InChI=1S/C15H20N2O4/c1-3-12-10-16(5-4-15(12)18)9-11-6-13(17(19)20)8-14(7-11)21-2/h6-8,12H,3-5,9-10H2,1-2H3. The zero-order chi connectivity index (χ0) is 15.4. The predicted molar refractivity (Wildman–Crippen MR) is 78.3 cm³/mol. The lowest BCUT2D eigenvalue weighted by Crippen LogP contribution is -2.40. The van der Waals surface area contributed by atoms with Crippen LogP contribution >= 0.6 is 0 Å². The molecule has 2 rings (SSSR count). The number of rotatable bonds is 5. The molecule has 1 aliphatic rings. The number of nitro benzene ring substituents is 1. The van der Waals surface area contributed by atoms with Gasteiger partial charge in [-0.1, -0.05) is 6.92 Å². The van der Waals surface area contributed by atoms with Crippen molar-refractivity contribution in [2.75, 3.05) is 20.2 Å². The lowest BCUT2D eigenvalue weighted by Gasteiger charge is -2.31. The fourth-order valence-electron chi connectivity index (χ4n) is 2.69. The summed E-state index contributed by atoms with van der Waals surface area (Å²) >= 11 is 0. The van der Waals surface area contributed by atoms with Gasteiger partial charge in [-0.2, -0.15) is 0 Å². The van der Waals surface area contributed by atoms with E-state index in [-0.39, 0.29) is 11.6 Å². The van der Waals surface area contributed by atoms with E-state index in [0.717, 1.165) is 18.5 Å². The Morgan fingerprint density at radius 3 is 2.81 bits per heavy atom. The summed E-state index contributed by atoms with van der Waals surface area (Å²) in [6, 6.07) is 4.79. The van der Waals surface area contributed by atoms with Crippen LogP contribution in [0.2, 0.25) is 0 Å². The van der Waals surface area contributed by atoms with Gasteiger partial charge in [0.15, 0.2) is 0 Å². The van der Waals surface area contributed by atoms with E-state index >= 15 is 0 Å². The molecular formula is C15H20N2O4. The van der Waals surface area contributed by atoms with E-state index in [4.69, 9.17) is 4.74 Å². The Balaban J connectivity index is 2.13. The minimum absolute atomic E-state index is 0.0319. The number of non-ortho nitro benzene ring substituents is 1. The third kappa shape index (κ3) is 3.78. The molecule has 0 radical (unpaired) electrons. The highest BCUT2D eigenvalue weighted by molar-refractivity contribution is 5.82. The number of piperidine rings is 1. The largest absolute Gasteiger partial charge is 0.496 e. The van der Waals surface area contributed by atoms with Crippen molar-refractivity contribution in [3.8, 4) is 5.75 Å². The summed E-state index contributed by atoms with van der Waals surface area (Å²) in [6.45, 7) is 4.05. The van der Waals surface area contributed by atoms with Crippen molar-refractivity contribution in [2.24, 2.45) is 5.92 Å². The smallest absolute Gasteiger partial charge is 0.273 e. The second kappa shape index (κ2) is 6.67. The lowest BCUT2D eigenvalue weighted by molar-refractivity contribution is -0.385. The van der Waals surface area contributed by atoms with Crippen LogP contribution in [-0.2, 0) is 11.3 Å². The number of carbonyl (C=O) groups excluding carboxylic acids is 1. The highest BCUT2D eigenvalue weighted by Gasteiger charge is 2.26. The molecule has 6 nitrogen and oxygen atoms in total. The van der Waals surface area contributed by atoms with E-state index in [1.165, 1.54) is 13.2 Å². The Hall–Kier alpha value is -1.95. The molecule has 21 heavy (non-hydrogen) atoms. The van der Waals surface area contributed by atoms with Gasteiger partial charge in [0.2, 0.25) is 0 Å². The second-order valence-corrected chi connectivity index (χ2v) is 5.35. The maximum Gasteiger partial charge on any atom is 0.273 e. The first-order valence-corrected chi connectivity index (χ1v) is 7.11. The van der Waals surface area contributed by atoms with Crippen LogP contribution in [0.3, 0.4) is 0 Å². The average molecular weight is 292 g/mol. The van der Waals surface area contributed by atoms with Crippen LogP contribution in [0, 0.1) is 16.0 Å². The van der Waals surface area contributed by atoms with Gasteiger partial charge in [0.1, 0.15) is 11.5 Å². The van der Waals surface area contributed by atoms with Gasteiger partial charge in [-0.3, -0.25) is 19.8 Å². The molecule has 1 saturated heterocycles. The summed E-state index contributed by atoms with van der Waals surface area (Å²) in [5, 5.41) is 10.9. The monoisotopic (exact) mass is 292 g/mol. The van der Waals surface area contributed by atoms with Gasteiger partial charge in [-0.15, -0.1) is 0 Å². The molecule has 1 heterocycles. The quantitative estimate of drug-likeness (QED) is 0.615. The van der Waals surface area contributed by atoms with Gasteiger partial charge in [0, 0.05) is 38.0 Å². The van der Waals surface area contributed by atoms with Gasteiger partial charge < -0.3 is 4.74 Å². The predicted octanol–water partition coefficient (Wildman–Crippen LogP) is 2.40. The molecule has 0 aromatic heterocycles. The number of Topliss-reactive ketones (excluding diaryl/α,β-unsaturated/α-hetero) is 1. The fraction of sp³-hybridized carbons (Fsp3) is 0.533. The first-order chi connectivity index (χ1) is 10.0. The number of nitro groups is 1. The third-order valence-corrected chi connectivity index (χ3v) is 3.90. The van der Waals surface area contributed by atoms with Crippen molar-refractivity contribution in [3.63, 3.8) is 0 Å². The van der Waals surface area contributed by atoms with E-state index in [1.807, 2.05) is 13.0 Å². The maximum absolute atomic E-state index is 11.7. The zero-order valence-electron chi connectivity index (χ0n) is 12.4. The van der Waals surface area contributed by atoms with Gasteiger partial charge in [0.05, 0.1) is 18.1 Å². The summed E-state index contributed by atoms with van der Waals surface area (Å²) in [7, 11) is 1.50. The van der Waals surface area contributed by atoms with E-state index in [0.29, 0.717) is 31.0 Å². The SMILES string of the molecule is CCC1CN(Cc2cc(OC)cc([N+](=O)[O-])c2)CCC1=O. The van der Waals surface area contributed by atoms with Crippen molar-refractivity contribution >= 4 is 11.5 Å². The molecule has 0 saturated carbocycles.